The molecule has 0 aliphatic carbocycles. The SMILES string of the molecule is [2H]C([2H])(c1ccccc1)c1ccc2c(n1)oc1c3c(ccc12)C1(c2ccccc2-c2ccc(C)c[n+]21)[n+]1cc(C)c(-c2ccc(C)cc2C)cc1-3. The Balaban J connectivity index is 1.31. The van der Waals surface area contributed by atoms with Crippen LogP contribution in [-0.2, 0) is 12.0 Å². The molecule has 0 radical (unpaired) electrons. The van der Waals surface area contributed by atoms with Crippen molar-refractivity contribution in [2.45, 2.75) is 39.7 Å². The highest BCUT2D eigenvalue weighted by molar-refractivity contribution is 6.09. The molecule has 234 valence electrons. The molecule has 2 aliphatic rings. The zero-order valence-corrected chi connectivity index (χ0v) is 27.9. The quantitative estimate of drug-likeness (QED) is 0.181. The summed E-state index contributed by atoms with van der Waals surface area (Å²) in [5, 5.41) is 1.83. The lowest BCUT2D eigenvalue weighted by Crippen LogP contribution is -2.71. The van der Waals surface area contributed by atoms with Gasteiger partial charge in [-0.2, -0.15) is 0 Å². The van der Waals surface area contributed by atoms with E-state index < -0.39 is 12.0 Å². The molecule has 49 heavy (non-hydrogen) atoms. The van der Waals surface area contributed by atoms with Crippen LogP contribution in [-0.4, -0.2) is 4.98 Å². The first kappa shape index (κ1) is 26.1. The van der Waals surface area contributed by atoms with Gasteiger partial charge in [0.15, 0.2) is 18.0 Å². The second-order valence-electron chi connectivity index (χ2n) is 13.6. The molecule has 4 aromatic heterocycles. The van der Waals surface area contributed by atoms with Crippen molar-refractivity contribution in [3.8, 4) is 33.6 Å². The third-order valence-electron chi connectivity index (χ3n) is 10.5. The van der Waals surface area contributed by atoms with E-state index in [1.165, 1.54) is 44.5 Å². The van der Waals surface area contributed by atoms with Crippen LogP contribution in [0.4, 0.5) is 0 Å². The van der Waals surface area contributed by atoms with Crippen LogP contribution < -0.4 is 9.13 Å². The van der Waals surface area contributed by atoms with Crippen molar-refractivity contribution < 1.29 is 16.3 Å². The van der Waals surface area contributed by atoms with E-state index >= 15 is 0 Å². The van der Waals surface area contributed by atoms with Gasteiger partial charge >= 0.3 is 5.66 Å². The van der Waals surface area contributed by atoms with Crippen LogP contribution in [0.25, 0.3) is 55.7 Å². The smallest absolute Gasteiger partial charge is 0.417 e. The minimum atomic E-state index is -1.78. The molecule has 0 amide bonds. The molecule has 0 saturated heterocycles. The Hall–Kier alpha value is -5.87. The topological polar surface area (TPSA) is 33.8 Å². The number of hydrogen-bond acceptors (Lipinski definition) is 2. The van der Waals surface area contributed by atoms with Crippen LogP contribution in [0.5, 0.6) is 0 Å². The molecular weight excluding hydrogens is 599 g/mol. The summed E-state index contributed by atoms with van der Waals surface area (Å²) in [6.07, 6.45) is 2.81. The van der Waals surface area contributed by atoms with E-state index in [-0.39, 0.29) is 0 Å². The van der Waals surface area contributed by atoms with Gasteiger partial charge in [0.1, 0.15) is 16.7 Å². The van der Waals surface area contributed by atoms with Gasteiger partial charge in [0.25, 0.3) is 0 Å². The average Bonchev–Trinajstić information content (AvgIpc) is 3.74. The summed E-state index contributed by atoms with van der Waals surface area (Å²) in [6.45, 7) is 8.69. The van der Waals surface area contributed by atoms with E-state index in [1.807, 2.05) is 24.3 Å². The largest absolute Gasteiger partial charge is 0.437 e. The molecule has 1 spiro atoms. The second-order valence-corrected chi connectivity index (χ2v) is 13.6. The van der Waals surface area contributed by atoms with Gasteiger partial charge < -0.3 is 4.42 Å². The fourth-order valence-electron chi connectivity index (χ4n) is 8.41. The summed E-state index contributed by atoms with van der Waals surface area (Å²) in [6, 6.07) is 39.6. The summed E-state index contributed by atoms with van der Waals surface area (Å²) < 4.78 is 29.8. The predicted molar refractivity (Wildman–Crippen MR) is 194 cm³/mol. The first-order valence-electron chi connectivity index (χ1n) is 17.9. The van der Waals surface area contributed by atoms with Crippen LogP contribution in [0.1, 0.15) is 47.4 Å². The standard InChI is InChI=1S/C45H35N3O/c1-27-14-17-33(29(3)22-27)37-24-41-42-39(20-19-34-35-18-16-32(46-44(35)49-43(34)42)23-31-10-6-5-7-11-31)45(48(41)26-30(37)4)38-13-9-8-12-36(38)40-21-15-28(2)25-47(40)45/h5-22,24-26H,23H2,1-4H3/q+2/i23D2. The van der Waals surface area contributed by atoms with E-state index in [0.717, 1.165) is 38.9 Å². The average molecular weight is 636 g/mol. The molecule has 1 atom stereocenters. The van der Waals surface area contributed by atoms with E-state index in [9.17, 15) is 0 Å². The lowest BCUT2D eigenvalue weighted by atomic mass is 9.89. The van der Waals surface area contributed by atoms with Crippen LogP contribution in [0.15, 0.2) is 132 Å². The van der Waals surface area contributed by atoms with Gasteiger partial charge in [-0.1, -0.05) is 66.2 Å². The fraction of sp³-hybridized carbons (Fsp3) is 0.133. The van der Waals surface area contributed by atoms with Crippen molar-refractivity contribution in [3.63, 3.8) is 0 Å². The molecule has 8 aromatic rings. The Morgan fingerprint density at radius 2 is 1.41 bits per heavy atom. The third-order valence-corrected chi connectivity index (χ3v) is 10.5. The number of furan rings is 1. The molecule has 0 N–H and O–H groups in total. The van der Waals surface area contributed by atoms with E-state index in [1.54, 1.807) is 18.2 Å². The highest BCUT2D eigenvalue weighted by Crippen LogP contribution is 2.51. The molecule has 6 heterocycles. The van der Waals surface area contributed by atoms with Crippen molar-refractivity contribution in [1.82, 2.24) is 4.98 Å². The van der Waals surface area contributed by atoms with Crippen LogP contribution in [0, 0.1) is 27.7 Å². The number of aromatic nitrogens is 3. The second kappa shape index (κ2) is 10.1. The first-order valence-corrected chi connectivity index (χ1v) is 16.9. The molecule has 0 saturated carbocycles. The summed E-state index contributed by atoms with van der Waals surface area (Å²) >= 11 is 0. The maximum Gasteiger partial charge on any atom is 0.417 e. The zero-order chi connectivity index (χ0) is 34.8. The van der Waals surface area contributed by atoms with E-state index in [2.05, 4.69) is 122 Å². The van der Waals surface area contributed by atoms with Crippen molar-refractivity contribution in [2.24, 2.45) is 0 Å². The van der Waals surface area contributed by atoms with Crippen molar-refractivity contribution in [2.75, 3.05) is 0 Å². The Morgan fingerprint density at radius 3 is 2.27 bits per heavy atom. The Kier molecular flexibility index (Phi) is 5.37. The maximum absolute atomic E-state index is 9.01. The van der Waals surface area contributed by atoms with Crippen molar-refractivity contribution in [3.05, 3.63) is 172 Å². The minimum absolute atomic E-state index is 0.320. The lowest BCUT2D eigenvalue weighted by molar-refractivity contribution is -0.955. The molecule has 1 unspecified atom stereocenters. The Labute approximate surface area is 288 Å². The molecule has 4 nitrogen and oxygen atoms in total. The van der Waals surface area contributed by atoms with Gasteiger partial charge in [0.2, 0.25) is 17.1 Å². The molecule has 0 bridgehead atoms. The fourth-order valence-corrected chi connectivity index (χ4v) is 8.41. The highest BCUT2D eigenvalue weighted by atomic mass is 16.3. The van der Waals surface area contributed by atoms with Gasteiger partial charge in [-0.3, -0.25) is 0 Å². The number of benzene rings is 4. The number of rotatable bonds is 3. The number of hydrogen-bond donors (Lipinski definition) is 0. The zero-order valence-electron chi connectivity index (χ0n) is 29.9. The third kappa shape index (κ3) is 3.83. The van der Waals surface area contributed by atoms with Crippen molar-refractivity contribution >= 4 is 22.1 Å². The van der Waals surface area contributed by atoms with Gasteiger partial charge in [0.05, 0.1) is 5.56 Å². The number of pyridine rings is 3. The molecule has 2 aliphatic heterocycles. The normalized spacial score (nSPS) is 16.4. The van der Waals surface area contributed by atoms with Gasteiger partial charge in [-0.25, -0.2) is 4.98 Å². The monoisotopic (exact) mass is 635 g/mol. The first-order chi connectivity index (χ1) is 24.7. The Bertz CT molecular complexity index is 2780. The van der Waals surface area contributed by atoms with E-state index in [4.69, 9.17) is 12.1 Å². The Morgan fingerprint density at radius 1 is 0.633 bits per heavy atom. The van der Waals surface area contributed by atoms with Crippen LogP contribution >= 0.6 is 0 Å². The highest BCUT2D eigenvalue weighted by Gasteiger charge is 2.67. The molecule has 4 aromatic carbocycles. The van der Waals surface area contributed by atoms with Crippen molar-refractivity contribution in [1.29, 1.82) is 0 Å². The predicted octanol–water partition coefficient (Wildman–Crippen LogP) is 9.31. The van der Waals surface area contributed by atoms with Gasteiger partial charge in [0, 0.05) is 48.8 Å². The maximum atomic E-state index is 9.01. The summed E-state index contributed by atoms with van der Waals surface area (Å²) in [5.74, 6) is 0. The molecule has 4 heteroatoms. The molecule has 0 fully saturated rings. The molecule has 10 rings (SSSR count). The lowest BCUT2D eigenvalue weighted by Gasteiger charge is -2.18. The summed E-state index contributed by atoms with van der Waals surface area (Å²) in [4.78, 5) is 4.86. The summed E-state index contributed by atoms with van der Waals surface area (Å²) in [5.41, 5.74) is 15.4. The van der Waals surface area contributed by atoms with Gasteiger partial charge in [-0.05, 0) is 92.4 Å². The number of nitrogens with zero attached hydrogens (tertiary/aromatic N) is 3. The molecular formula is C45H35N3O+2. The van der Waals surface area contributed by atoms with Crippen LogP contribution in [0.2, 0.25) is 0 Å². The van der Waals surface area contributed by atoms with E-state index in [0.29, 0.717) is 17.0 Å². The number of aryl methyl sites for hydroxylation is 4. The summed E-state index contributed by atoms with van der Waals surface area (Å²) in [7, 11) is 0. The van der Waals surface area contributed by atoms with Crippen LogP contribution in [0.3, 0.4) is 0 Å². The minimum Gasteiger partial charge on any atom is -0.437 e. The number of fused-ring (bicyclic) bond motifs is 14. The van der Waals surface area contributed by atoms with Gasteiger partial charge in [-0.15, -0.1) is 9.13 Å².